The van der Waals surface area contributed by atoms with Gasteiger partial charge >= 0.3 is 0 Å². The smallest absolute Gasteiger partial charge is 0.270 e. The minimum Gasteiger partial charge on any atom is -0.493 e. The van der Waals surface area contributed by atoms with E-state index < -0.39 is 17.6 Å². The van der Waals surface area contributed by atoms with Gasteiger partial charge < -0.3 is 9.47 Å². The molecule has 8 heteroatoms. The summed E-state index contributed by atoms with van der Waals surface area (Å²) in [6, 6.07) is 10.3. The van der Waals surface area contributed by atoms with Crippen LogP contribution in [0.3, 0.4) is 0 Å². The van der Waals surface area contributed by atoms with Crippen molar-refractivity contribution in [1.82, 2.24) is 5.32 Å². The van der Waals surface area contributed by atoms with E-state index in [1.54, 1.807) is 18.2 Å². The molecule has 1 aliphatic heterocycles. The molecule has 0 bridgehead atoms. The number of benzene rings is 2. The molecule has 144 valence electrons. The van der Waals surface area contributed by atoms with Crippen LogP contribution in [-0.2, 0) is 9.59 Å². The molecule has 1 aliphatic rings. The second kappa shape index (κ2) is 8.18. The largest absolute Gasteiger partial charge is 0.493 e. The molecule has 0 aliphatic carbocycles. The van der Waals surface area contributed by atoms with E-state index >= 15 is 0 Å². The number of halogens is 1. The molecule has 2 amide bonds. The Labute approximate surface area is 166 Å². The zero-order valence-corrected chi connectivity index (χ0v) is 16.0. The Balaban J connectivity index is 1.98. The van der Waals surface area contributed by atoms with Gasteiger partial charge in [0.1, 0.15) is 11.4 Å². The van der Waals surface area contributed by atoms with Gasteiger partial charge in [0.25, 0.3) is 11.8 Å². The number of carbonyl (C=O) groups is 2. The lowest BCUT2D eigenvalue weighted by atomic mass is 10.1. The van der Waals surface area contributed by atoms with Gasteiger partial charge in [-0.1, -0.05) is 6.07 Å². The van der Waals surface area contributed by atoms with Gasteiger partial charge in [0, 0.05) is 0 Å². The molecule has 2 aromatic carbocycles. The number of anilines is 1. The number of carbonyl (C=O) groups excluding carboxylic acids is 2. The fourth-order valence-corrected chi connectivity index (χ4v) is 2.98. The highest BCUT2D eigenvalue weighted by molar-refractivity contribution is 7.80. The average Bonchev–Trinajstić information content (AvgIpc) is 2.67. The van der Waals surface area contributed by atoms with E-state index in [-0.39, 0.29) is 10.7 Å². The summed E-state index contributed by atoms with van der Waals surface area (Å²) in [7, 11) is 1.50. The number of nitrogens with one attached hydrogen (secondary N) is 1. The third-order valence-corrected chi connectivity index (χ3v) is 4.27. The molecule has 2 aromatic rings. The molecule has 0 radical (unpaired) electrons. The third kappa shape index (κ3) is 3.86. The Kier molecular flexibility index (Phi) is 5.70. The maximum Gasteiger partial charge on any atom is 0.270 e. The highest BCUT2D eigenvalue weighted by Gasteiger charge is 2.34. The summed E-state index contributed by atoms with van der Waals surface area (Å²) in [5.41, 5.74) is 0.821. The molecule has 0 saturated carbocycles. The van der Waals surface area contributed by atoms with Crippen molar-refractivity contribution < 1.29 is 23.5 Å². The summed E-state index contributed by atoms with van der Waals surface area (Å²) < 4.78 is 24.0. The van der Waals surface area contributed by atoms with Crippen LogP contribution in [0.2, 0.25) is 0 Å². The van der Waals surface area contributed by atoms with E-state index in [0.717, 1.165) is 4.90 Å². The van der Waals surface area contributed by atoms with Gasteiger partial charge in [-0.3, -0.25) is 19.8 Å². The lowest BCUT2D eigenvalue weighted by molar-refractivity contribution is -0.122. The molecule has 1 fully saturated rings. The Hall–Kier alpha value is -3.26. The summed E-state index contributed by atoms with van der Waals surface area (Å²) in [5.74, 6) is -0.624. The van der Waals surface area contributed by atoms with E-state index in [4.69, 9.17) is 21.7 Å². The van der Waals surface area contributed by atoms with Crippen LogP contribution < -0.4 is 19.7 Å². The third-order valence-electron chi connectivity index (χ3n) is 3.99. The van der Waals surface area contributed by atoms with Gasteiger partial charge in [0.2, 0.25) is 0 Å². The molecule has 0 spiro atoms. The number of amides is 2. The summed E-state index contributed by atoms with van der Waals surface area (Å²) in [4.78, 5) is 26.4. The number of hydrogen-bond acceptors (Lipinski definition) is 5. The molecule has 0 aromatic heterocycles. The maximum atomic E-state index is 13.2. The first kappa shape index (κ1) is 19.5. The zero-order chi connectivity index (χ0) is 20.3. The summed E-state index contributed by atoms with van der Waals surface area (Å²) >= 11 is 5.12. The first-order valence-corrected chi connectivity index (χ1v) is 8.83. The van der Waals surface area contributed by atoms with Crippen LogP contribution in [0.5, 0.6) is 11.5 Å². The fraction of sp³-hybridized carbons (Fsp3) is 0.150. The molecular formula is C20H17FN2O4S. The van der Waals surface area contributed by atoms with Crippen LogP contribution in [-0.4, -0.2) is 30.6 Å². The minimum absolute atomic E-state index is 0.0666. The quantitative estimate of drug-likeness (QED) is 0.475. The van der Waals surface area contributed by atoms with Crippen LogP contribution in [0, 0.1) is 5.82 Å². The van der Waals surface area contributed by atoms with Crippen molar-refractivity contribution in [3.8, 4) is 11.5 Å². The van der Waals surface area contributed by atoms with Gasteiger partial charge in [0.15, 0.2) is 16.6 Å². The summed E-state index contributed by atoms with van der Waals surface area (Å²) in [6.45, 7) is 2.33. The Bertz CT molecular complexity index is 973. The van der Waals surface area contributed by atoms with Crippen molar-refractivity contribution in [2.75, 3.05) is 18.6 Å². The van der Waals surface area contributed by atoms with Crippen molar-refractivity contribution in [2.45, 2.75) is 6.92 Å². The average molecular weight is 400 g/mol. The summed E-state index contributed by atoms with van der Waals surface area (Å²) in [5, 5.41) is 2.42. The molecular weight excluding hydrogens is 383 g/mol. The van der Waals surface area contributed by atoms with Crippen molar-refractivity contribution in [3.05, 3.63) is 59.4 Å². The number of rotatable bonds is 5. The zero-order valence-electron chi connectivity index (χ0n) is 15.2. The van der Waals surface area contributed by atoms with Gasteiger partial charge in [0.05, 0.1) is 19.4 Å². The molecule has 3 rings (SSSR count). The van der Waals surface area contributed by atoms with Crippen LogP contribution >= 0.6 is 12.2 Å². The van der Waals surface area contributed by atoms with E-state index in [9.17, 15) is 14.0 Å². The normalized spacial score (nSPS) is 15.6. The van der Waals surface area contributed by atoms with Crippen LogP contribution in [0.4, 0.5) is 10.1 Å². The van der Waals surface area contributed by atoms with E-state index in [1.807, 2.05) is 6.92 Å². The predicted molar refractivity (Wildman–Crippen MR) is 107 cm³/mol. The SMILES string of the molecule is CCOc1ccc(/C=C2\C(=O)NC(=S)N(c3ccc(F)cc3)C2=O)cc1OC. The van der Waals surface area contributed by atoms with E-state index in [1.165, 1.54) is 37.5 Å². The monoisotopic (exact) mass is 400 g/mol. The Morgan fingerprint density at radius 3 is 2.50 bits per heavy atom. The maximum absolute atomic E-state index is 13.2. The van der Waals surface area contributed by atoms with Crippen molar-refractivity contribution in [2.24, 2.45) is 0 Å². The molecule has 0 unspecified atom stereocenters. The number of nitrogens with zero attached hydrogens (tertiary/aromatic N) is 1. The van der Waals surface area contributed by atoms with Gasteiger partial charge in [-0.05, 0) is 67.2 Å². The van der Waals surface area contributed by atoms with Crippen molar-refractivity contribution >= 4 is 40.9 Å². The van der Waals surface area contributed by atoms with Crippen molar-refractivity contribution in [3.63, 3.8) is 0 Å². The second-order valence-corrected chi connectivity index (χ2v) is 6.16. The van der Waals surface area contributed by atoms with Crippen LogP contribution in [0.15, 0.2) is 48.0 Å². The first-order valence-electron chi connectivity index (χ1n) is 8.42. The van der Waals surface area contributed by atoms with Gasteiger partial charge in [-0.15, -0.1) is 0 Å². The molecule has 0 atom stereocenters. The molecule has 28 heavy (non-hydrogen) atoms. The van der Waals surface area contributed by atoms with Gasteiger partial charge in [-0.25, -0.2) is 4.39 Å². The molecule has 1 N–H and O–H groups in total. The number of hydrogen-bond donors (Lipinski definition) is 1. The second-order valence-electron chi connectivity index (χ2n) is 5.78. The number of methoxy groups -OCH3 is 1. The highest BCUT2D eigenvalue weighted by Crippen LogP contribution is 2.29. The Morgan fingerprint density at radius 2 is 1.86 bits per heavy atom. The number of thiocarbonyl (C=S) groups is 1. The molecule has 1 heterocycles. The topological polar surface area (TPSA) is 67.9 Å². The predicted octanol–water partition coefficient (Wildman–Crippen LogP) is 3.06. The van der Waals surface area contributed by atoms with Crippen molar-refractivity contribution in [1.29, 1.82) is 0 Å². The van der Waals surface area contributed by atoms with Gasteiger partial charge in [-0.2, -0.15) is 0 Å². The van der Waals surface area contributed by atoms with E-state index in [2.05, 4.69) is 5.32 Å². The summed E-state index contributed by atoms with van der Waals surface area (Å²) in [6.07, 6.45) is 1.44. The van der Waals surface area contributed by atoms with E-state index in [0.29, 0.717) is 29.4 Å². The Morgan fingerprint density at radius 1 is 1.14 bits per heavy atom. The molecule has 1 saturated heterocycles. The fourth-order valence-electron chi connectivity index (χ4n) is 2.70. The minimum atomic E-state index is -0.610. The standard InChI is InChI=1S/C20H17FN2O4S/c1-3-27-16-9-4-12(11-17(16)26-2)10-15-18(24)22-20(28)23(19(15)25)14-7-5-13(21)6-8-14/h4-11H,3H2,1-2H3,(H,22,24,28)/b15-10+. The molecule has 6 nitrogen and oxygen atoms in total. The lowest BCUT2D eigenvalue weighted by Crippen LogP contribution is -2.54. The van der Waals surface area contributed by atoms with Crippen LogP contribution in [0.25, 0.3) is 6.08 Å². The van der Waals surface area contributed by atoms with Crippen LogP contribution in [0.1, 0.15) is 12.5 Å². The number of ether oxygens (including phenoxy) is 2. The highest BCUT2D eigenvalue weighted by atomic mass is 32.1. The lowest BCUT2D eigenvalue weighted by Gasteiger charge is -2.28. The first-order chi connectivity index (χ1) is 13.4.